The van der Waals surface area contributed by atoms with Gasteiger partial charge in [-0.2, -0.15) is 0 Å². The minimum absolute atomic E-state index is 0.143. The molecule has 0 unspecified atom stereocenters. The van der Waals surface area contributed by atoms with Crippen molar-refractivity contribution in [3.63, 3.8) is 0 Å². The van der Waals surface area contributed by atoms with Crippen molar-refractivity contribution < 1.29 is 14.3 Å². The van der Waals surface area contributed by atoms with E-state index in [9.17, 15) is 4.79 Å². The molecule has 132 valence electrons. The molecule has 3 heterocycles. The summed E-state index contributed by atoms with van der Waals surface area (Å²) in [7, 11) is 0. The number of hydrogen-bond donors (Lipinski definition) is 0. The molecule has 25 heavy (non-hydrogen) atoms. The average molecular weight is 358 g/mol. The largest absolute Gasteiger partial charge is 0.376 e. The first-order valence-electron chi connectivity index (χ1n) is 8.74. The normalized spacial score (nSPS) is 25.8. The molecule has 1 amide bonds. The van der Waals surface area contributed by atoms with Crippen molar-refractivity contribution in [2.75, 3.05) is 19.8 Å². The number of pyridine rings is 1. The zero-order valence-electron chi connectivity index (χ0n) is 14.0. The summed E-state index contributed by atoms with van der Waals surface area (Å²) in [5.41, 5.74) is 1.09. The molecule has 3 atom stereocenters. The van der Waals surface area contributed by atoms with Gasteiger partial charge in [-0.3, -0.25) is 9.78 Å². The highest BCUT2D eigenvalue weighted by Gasteiger charge is 2.43. The molecule has 1 saturated carbocycles. The number of amides is 1. The highest BCUT2D eigenvalue weighted by molar-refractivity contribution is 7.12. The van der Waals surface area contributed by atoms with Crippen LogP contribution in [0.15, 0.2) is 42.0 Å². The molecule has 0 spiro atoms. The Morgan fingerprint density at radius 1 is 1.36 bits per heavy atom. The summed E-state index contributed by atoms with van der Waals surface area (Å²) in [4.78, 5) is 19.7. The topological polar surface area (TPSA) is 51.7 Å². The summed E-state index contributed by atoms with van der Waals surface area (Å²) >= 11 is 1.51. The summed E-state index contributed by atoms with van der Waals surface area (Å²) in [5, 5.41) is 1.95. The Balaban J connectivity index is 1.33. The van der Waals surface area contributed by atoms with E-state index in [0.29, 0.717) is 32.3 Å². The Morgan fingerprint density at radius 3 is 3.12 bits per heavy atom. The maximum atomic E-state index is 12.8. The van der Waals surface area contributed by atoms with E-state index in [1.54, 1.807) is 6.20 Å². The van der Waals surface area contributed by atoms with E-state index in [2.05, 4.69) is 4.98 Å². The molecule has 2 aliphatic rings. The van der Waals surface area contributed by atoms with Crippen molar-refractivity contribution in [1.82, 2.24) is 9.88 Å². The van der Waals surface area contributed by atoms with E-state index in [-0.39, 0.29) is 18.1 Å². The zero-order chi connectivity index (χ0) is 17.1. The number of hydrogen-bond acceptors (Lipinski definition) is 5. The van der Waals surface area contributed by atoms with Gasteiger partial charge < -0.3 is 14.4 Å². The second-order valence-electron chi connectivity index (χ2n) is 6.67. The van der Waals surface area contributed by atoms with Gasteiger partial charge in [0.15, 0.2) is 0 Å². The molecule has 0 N–H and O–H groups in total. The Bertz CT molecular complexity index is 692. The fourth-order valence-corrected chi connectivity index (χ4v) is 4.49. The number of carbonyl (C=O) groups is 1. The number of thiophene rings is 1. The number of carbonyl (C=O) groups excluding carboxylic acids is 1. The van der Waals surface area contributed by atoms with Gasteiger partial charge >= 0.3 is 0 Å². The van der Waals surface area contributed by atoms with Gasteiger partial charge in [0.25, 0.3) is 5.91 Å². The van der Waals surface area contributed by atoms with E-state index in [4.69, 9.17) is 9.47 Å². The van der Waals surface area contributed by atoms with Crippen LogP contribution in [0.5, 0.6) is 0 Å². The molecule has 4 rings (SSSR count). The lowest BCUT2D eigenvalue weighted by molar-refractivity contribution is -0.0448. The van der Waals surface area contributed by atoms with Crippen LogP contribution in [-0.2, 0) is 16.1 Å². The van der Waals surface area contributed by atoms with Gasteiger partial charge in [-0.1, -0.05) is 12.1 Å². The lowest BCUT2D eigenvalue weighted by atomic mass is 10.1. The van der Waals surface area contributed by atoms with Crippen LogP contribution < -0.4 is 0 Å². The van der Waals surface area contributed by atoms with Crippen LogP contribution in [-0.4, -0.2) is 47.7 Å². The van der Waals surface area contributed by atoms with Gasteiger partial charge in [-0.05, 0) is 41.8 Å². The summed E-state index contributed by atoms with van der Waals surface area (Å²) in [6.45, 7) is 2.59. The van der Waals surface area contributed by atoms with Gasteiger partial charge in [0, 0.05) is 18.9 Å². The third kappa shape index (κ3) is 3.76. The monoisotopic (exact) mass is 358 g/mol. The molecule has 1 saturated heterocycles. The Hall–Kier alpha value is -1.76. The summed E-state index contributed by atoms with van der Waals surface area (Å²) in [6, 6.07) is 7.95. The first-order valence-corrected chi connectivity index (χ1v) is 9.62. The third-order valence-corrected chi connectivity index (χ3v) is 5.83. The van der Waals surface area contributed by atoms with E-state index < -0.39 is 0 Å². The molecule has 2 fully saturated rings. The fourth-order valence-electron chi connectivity index (χ4n) is 3.81. The number of nitrogens with zero attached hydrogens (tertiary/aromatic N) is 2. The van der Waals surface area contributed by atoms with Gasteiger partial charge in [-0.25, -0.2) is 0 Å². The van der Waals surface area contributed by atoms with Crippen LogP contribution in [0.4, 0.5) is 0 Å². The molecule has 6 heteroatoms. The summed E-state index contributed by atoms with van der Waals surface area (Å²) in [5.74, 6) is 0.577. The molecule has 0 aromatic carbocycles. The predicted molar refractivity (Wildman–Crippen MR) is 95.5 cm³/mol. The lowest BCUT2D eigenvalue weighted by Gasteiger charge is -2.37. The van der Waals surface area contributed by atoms with Crippen molar-refractivity contribution in [2.45, 2.75) is 31.6 Å². The number of fused-ring (bicyclic) bond motifs is 1. The van der Waals surface area contributed by atoms with E-state index in [1.165, 1.54) is 11.3 Å². The lowest BCUT2D eigenvalue weighted by Crippen LogP contribution is -2.51. The van der Waals surface area contributed by atoms with Crippen LogP contribution >= 0.6 is 11.3 Å². The molecule has 5 nitrogen and oxygen atoms in total. The van der Waals surface area contributed by atoms with Crippen LogP contribution in [0.25, 0.3) is 0 Å². The van der Waals surface area contributed by atoms with Gasteiger partial charge in [0.05, 0.1) is 36.8 Å². The zero-order valence-corrected chi connectivity index (χ0v) is 14.9. The average Bonchev–Trinajstić information content (AvgIpc) is 3.31. The molecule has 2 aromatic rings. The molecule has 1 aliphatic carbocycles. The molecule has 0 radical (unpaired) electrons. The Morgan fingerprint density at radius 2 is 2.32 bits per heavy atom. The maximum Gasteiger partial charge on any atom is 0.264 e. The smallest absolute Gasteiger partial charge is 0.264 e. The summed E-state index contributed by atoms with van der Waals surface area (Å²) < 4.78 is 11.8. The second-order valence-corrected chi connectivity index (χ2v) is 7.61. The van der Waals surface area contributed by atoms with E-state index >= 15 is 0 Å². The molecular formula is C19H22N2O3S. The van der Waals surface area contributed by atoms with Gasteiger partial charge in [0.2, 0.25) is 0 Å². The number of rotatable bonds is 5. The number of aromatic nitrogens is 1. The van der Waals surface area contributed by atoms with Crippen LogP contribution in [0.3, 0.4) is 0 Å². The van der Waals surface area contributed by atoms with Gasteiger partial charge in [0.1, 0.15) is 0 Å². The minimum atomic E-state index is 0.143. The standard InChI is InChI=1S/C19H22N2O3S/c22-19(18-4-2-8-25-18)21-6-7-24-17-10-15(9-16(17)21)13-23-12-14-3-1-5-20-11-14/h1-5,8,11,15-17H,6-7,9-10,12-13H2/t15-,16+,17+/m0/s1. The van der Waals surface area contributed by atoms with Crippen molar-refractivity contribution in [3.05, 3.63) is 52.5 Å². The highest BCUT2D eigenvalue weighted by atomic mass is 32.1. The minimum Gasteiger partial charge on any atom is -0.376 e. The van der Waals surface area contributed by atoms with Crippen molar-refractivity contribution in [2.24, 2.45) is 5.92 Å². The van der Waals surface area contributed by atoms with Crippen molar-refractivity contribution in [1.29, 1.82) is 0 Å². The fraction of sp³-hybridized carbons (Fsp3) is 0.474. The molecule has 1 aliphatic heterocycles. The van der Waals surface area contributed by atoms with Crippen LogP contribution in [0, 0.1) is 5.92 Å². The van der Waals surface area contributed by atoms with Crippen molar-refractivity contribution >= 4 is 17.2 Å². The SMILES string of the molecule is O=C(c1cccs1)N1CCO[C@@H]2C[C@@H](COCc3cccnc3)C[C@H]21. The van der Waals surface area contributed by atoms with Gasteiger partial charge in [-0.15, -0.1) is 11.3 Å². The summed E-state index contributed by atoms with van der Waals surface area (Å²) in [6.07, 6.45) is 5.66. The highest BCUT2D eigenvalue weighted by Crippen LogP contribution is 2.35. The molecular weight excluding hydrogens is 336 g/mol. The van der Waals surface area contributed by atoms with E-state index in [1.807, 2.05) is 40.7 Å². The Kier molecular flexibility index (Phi) is 5.10. The molecule has 0 bridgehead atoms. The van der Waals surface area contributed by atoms with Crippen molar-refractivity contribution in [3.8, 4) is 0 Å². The number of ether oxygens (including phenoxy) is 2. The van der Waals surface area contributed by atoms with Crippen LogP contribution in [0.1, 0.15) is 28.1 Å². The maximum absolute atomic E-state index is 12.8. The second kappa shape index (κ2) is 7.64. The van der Waals surface area contributed by atoms with Crippen LogP contribution in [0.2, 0.25) is 0 Å². The predicted octanol–water partition coefficient (Wildman–Crippen LogP) is 2.98. The first-order chi connectivity index (χ1) is 12.3. The van der Waals surface area contributed by atoms with E-state index in [0.717, 1.165) is 23.3 Å². The third-order valence-electron chi connectivity index (χ3n) is 4.97. The first kappa shape index (κ1) is 16.7. The quantitative estimate of drug-likeness (QED) is 0.825. The Labute approximate surface area is 151 Å². The molecule has 2 aromatic heterocycles. The number of morpholine rings is 1.